The second-order valence-electron chi connectivity index (χ2n) is 12.9. The van der Waals surface area contributed by atoms with Crippen molar-refractivity contribution in [3.8, 4) is 11.1 Å². The number of alkyl carbamates (subject to hydrolysis) is 1. The number of aryl methyl sites for hydroxylation is 1. The molecule has 0 bridgehead atoms. The Kier molecular flexibility index (Phi) is 9.77. The molecule has 0 radical (unpaired) electrons. The summed E-state index contributed by atoms with van der Waals surface area (Å²) in [5.74, 6) is -0.927. The summed E-state index contributed by atoms with van der Waals surface area (Å²) in [6.07, 6.45) is 0.594. The van der Waals surface area contributed by atoms with Crippen molar-refractivity contribution in [1.82, 2.24) is 10.6 Å². The van der Waals surface area contributed by atoms with Crippen LogP contribution in [-0.4, -0.2) is 41.0 Å². The molecule has 0 saturated carbocycles. The van der Waals surface area contributed by atoms with Gasteiger partial charge in [-0.25, -0.2) is 4.79 Å². The van der Waals surface area contributed by atoms with Crippen LogP contribution in [0.5, 0.6) is 0 Å². The van der Waals surface area contributed by atoms with Gasteiger partial charge in [-0.05, 0) is 81.3 Å². The summed E-state index contributed by atoms with van der Waals surface area (Å²) in [6.45, 7) is 9.11. The molecule has 9 heteroatoms. The van der Waals surface area contributed by atoms with Crippen LogP contribution in [0.4, 0.5) is 10.5 Å². The first-order valence-corrected chi connectivity index (χ1v) is 14.9. The van der Waals surface area contributed by atoms with E-state index < -0.39 is 29.2 Å². The standard InChI is InChI=1S/C35H42N4O5/c1-34(2,3)44-33(43)38-35(4,5)21-31(41)37-28-19-18-25-10-7-9-13-29(25)39(32(28)42)22-23-14-16-24(17-15-23)27-12-8-6-11-26(27)20-30(36)40/h6-17,28H,18-22H2,1-5H3,(H2,36,40)(H,37,41)(H,38,43)/t28-/m1/s1. The Morgan fingerprint density at radius 2 is 1.59 bits per heavy atom. The smallest absolute Gasteiger partial charge is 0.408 e. The van der Waals surface area contributed by atoms with Gasteiger partial charge in [0, 0.05) is 17.6 Å². The van der Waals surface area contributed by atoms with Gasteiger partial charge in [-0.15, -0.1) is 0 Å². The van der Waals surface area contributed by atoms with Gasteiger partial charge in [0.15, 0.2) is 0 Å². The summed E-state index contributed by atoms with van der Waals surface area (Å²) in [5.41, 5.74) is 9.39. The number of hydrogen-bond acceptors (Lipinski definition) is 5. The van der Waals surface area contributed by atoms with Crippen molar-refractivity contribution >= 4 is 29.5 Å². The molecule has 0 aliphatic carbocycles. The number of nitrogens with one attached hydrogen (secondary N) is 2. The molecule has 0 aromatic heterocycles. The van der Waals surface area contributed by atoms with Gasteiger partial charge in [-0.2, -0.15) is 0 Å². The van der Waals surface area contributed by atoms with Crippen LogP contribution in [0.15, 0.2) is 72.8 Å². The van der Waals surface area contributed by atoms with E-state index in [0.29, 0.717) is 19.4 Å². The molecular formula is C35H42N4O5. The van der Waals surface area contributed by atoms with E-state index in [-0.39, 0.29) is 24.7 Å². The largest absolute Gasteiger partial charge is 0.444 e. The zero-order valence-electron chi connectivity index (χ0n) is 26.1. The Morgan fingerprint density at radius 3 is 2.27 bits per heavy atom. The molecule has 9 nitrogen and oxygen atoms in total. The molecule has 1 aliphatic heterocycles. The molecular weight excluding hydrogens is 556 g/mol. The Balaban J connectivity index is 1.50. The number of anilines is 1. The Labute approximate surface area is 259 Å². The third-order valence-electron chi connectivity index (χ3n) is 7.31. The van der Waals surface area contributed by atoms with Gasteiger partial charge >= 0.3 is 6.09 Å². The number of nitrogens with zero attached hydrogens (tertiary/aromatic N) is 1. The zero-order valence-corrected chi connectivity index (χ0v) is 26.1. The molecule has 0 fully saturated rings. The number of carbonyl (C=O) groups is 4. The number of carbonyl (C=O) groups excluding carboxylic acids is 4. The third-order valence-corrected chi connectivity index (χ3v) is 7.31. The lowest BCUT2D eigenvalue weighted by Crippen LogP contribution is -2.52. The van der Waals surface area contributed by atoms with E-state index in [1.807, 2.05) is 72.8 Å². The van der Waals surface area contributed by atoms with Crippen molar-refractivity contribution < 1.29 is 23.9 Å². The number of nitrogens with two attached hydrogens (primary N) is 1. The van der Waals surface area contributed by atoms with Gasteiger partial charge in [0.1, 0.15) is 11.6 Å². The van der Waals surface area contributed by atoms with E-state index in [9.17, 15) is 19.2 Å². The van der Waals surface area contributed by atoms with E-state index >= 15 is 0 Å². The van der Waals surface area contributed by atoms with Crippen LogP contribution in [0.2, 0.25) is 0 Å². The lowest BCUT2D eigenvalue weighted by atomic mass is 9.96. The minimum atomic E-state index is -0.888. The fraction of sp³-hybridized carbons (Fsp3) is 0.371. The fourth-order valence-corrected chi connectivity index (χ4v) is 5.40. The van der Waals surface area contributed by atoms with Crippen LogP contribution in [-0.2, 0) is 38.5 Å². The first-order chi connectivity index (χ1) is 20.7. The van der Waals surface area contributed by atoms with Crippen molar-refractivity contribution in [2.75, 3.05) is 4.90 Å². The molecule has 4 rings (SSSR count). The topological polar surface area (TPSA) is 131 Å². The van der Waals surface area contributed by atoms with Crippen LogP contribution in [0, 0.1) is 0 Å². The fourth-order valence-electron chi connectivity index (χ4n) is 5.40. The molecule has 232 valence electrons. The third kappa shape index (κ3) is 8.69. The van der Waals surface area contributed by atoms with Crippen molar-refractivity contribution in [3.63, 3.8) is 0 Å². The van der Waals surface area contributed by atoms with Gasteiger partial charge < -0.3 is 26.0 Å². The normalized spacial score (nSPS) is 15.2. The maximum absolute atomic E-state index is 14.0. The van der Waals surface area contributed by atoms with Crippen LogP contribution < -0.4 is 21.3 Å². The number of ether oxygens (including phenoxy) is 1. The summed E-state index contributed by atoms with van der Waals surface area (Å²) in [7, 11) is 0. The van der Waals surface area contributed by atoms with Gasteiger partial charge in [-0.3, -0.25) is 14.4 Å². The predicted molar refractivity (Wildman–Crippen MR) is 171 cm³/mol. The highest BCUT2D eigenvalue weighted by Crippen LogP contribution is 2.30. The Bertz CT molecular complexity index is 1520. The van der Waals surface area contributed by atoms with Crippen LogP contribution in [0.25, 0.3) is 11.1 Å². The molecule has 0 unspecified atom stereocenters. The molecule has 0 spiro atoms. The highest BCUT2D eigenvalue weighted by molar-refractivity contribution is 6.00. The molecule has 44 heavy (non-hydrogen) atoms. The van der Waals surface area contributed by atoms with E-state index in [1.54, 1.807) is 39.5 Å². The first-order valence-electron chi connectivity index (χ1n) is 14.9. The monoisotopic (exact) mass is 598 g/mol. The Morgan fingerprint density at radius 1 is 0.932 bits per heavy atom. The summed E-state index contributed by atoms with van der Waals surface area (Å²) in [4.78, 5) is 52.7. The number of benzene rings is 3. The maximum Gasteiger partial charge on any atom is 0.408 e. The summed E-state index contributed by atoms with van der Waals surface area (Å²) in [6, 6.07) is 22.6. The Hall–Kier alpha value is -4.66. The lowest BCUT2D eigenvalue weighted by molar-refractivity contribution is -0.128. The number of rotatable bonds is 9. The maximum atomic E-state index is 14.0. The number of fused-ring (bicyclic) bond motifs is 1. The minimum Gasteiger partial charge on any atom is -0.444 e. The lowest BCUT2D eigenvalue weighted by Gasteiger charge is -2.29. The molecule has 1 heterocycles. The number of primary amides is 1. The average molecular weight is 599 g/mol. The average Bonchev–Trinajstić information content (AvgIpc) is 3.04. The number of amides is 4. The van der Waals surface area contributed by atoms with Crippen LogP contribution in [0.3, 0.4) is 0 Å². The van der Waals surface area contributed by atoms with Crippen molar-refractivity contribution in [2.24, 2.45) is 5.73 Å². The zero-order chi connectivity index (χ0) is 32.1. The number of para-hydroxylation sites is 1. The van der Waals surface area contributed by atoms with Crippen molar-refractivity contribution in [3.05, 3.63) is 89.5 Å². The molecule has 4 amide bonds. The summed E-state index contributed by atoms with van der Waals surface area (Å²) >= 11 is 0. The van der Waals surface area contributed by atoms with E-state index in [2.05, 4.69) is 10.6 Å². The molecule has 3 aromatic carbocycles. The second kappa shape index (κ2) is 13.3. The first kappa shape index (κ1) is 32.3. The summed E-state index contributed by atoms with van der Waals surface area (Å²) < 4.78 is 5.34. The molecule has 1 aliphatic rings. The molecule has 4 N–H and O–H groups in total. The second-order valence-corrected chi connectivity index (χ2v) is 12.9. The van der Waals surface area contributed by atoms with Gasteiger partial charge in [0.2, 0.25) is 17.7 Å². The van der Waals surface area contributed by atoms with Crippen LogP contribution >= 0.6 is 0 Å². The van der Waals surface area contributed by atoms with Crippen LogP contribution in [0.1, 0.15) is 64.2 Å². The van der Waals surface area contributed by atoms with Gasteiger partial charge in [0.25, 0.3) is 0 Å². The minimum absolute atomic E-state index is 0.0261. The predicted octanol–water partition coefficient (Wildman–Crippen LogP) is 5.04. The van der Waals surface area contributed by atoms with Crippen molar-refractivity contribution in [1.29, 1.82) is 0 Å². The van der Waals surface area contributed by atoms with Gasteiger partial charge in [-0.1, -0.05) is 66.7 Å². The van der Waals surface area contributed by atoms with E-state index in [1.165, 1.54) is 0 Å². The highest BCUT2D eigenvalue weighted by atomic mass is 16.6. The molecule has 0 saturated heterocycles. The van der Waals surface area contributed by atoms with E-state index in [0.717, 1.165) is 33.5 Å². The van der Waals surface area contributed by atoms with Gasteiger partial charge in [0.05, 0.1) is 13.0 Å². The van der Waals surface area contributed by atoms with E-state index in [4.69, 9.17) is 10.5 Å². The molecule has 3 aromatic rings. The molecule has 1 atom stereocenters. The number of hydrogen-bond donors (Lipinski definition) is 3. The SMILES string of the molecule is CC(C)(CC(=O)N[C@@H]1CCc2ccccc2N(Cc2ccc(-c3ccccc3CC(N)=O)cc2)C1=O)NC(=O)OC(C)(C)C. The highest BCUT2D eigenvalue weighted by Gasteiger charge is 2.33. The van der Waals surface area contributed by atoms with Crippen molar-refractivity contribution in [2.45, 2.75) is 84.0 Å². The quantitative estimate of drug-likeness (QED) is 0.318. The summed E-state index contributed by atoms with van der Waals surface area (Å²) in [5, 5.41) is 5.68.